The SMILES string of the molecule is Cc1ccccc1N1C(=O)NC(=O)/C(=C\c2cn(Cc3ccc(Cl)c(Cl)c3)c3ccccc23)C1=O. The Morgan fingerprint density at radius 3 is 2.43 bits per heavy atom. The van der Waals surface area contributed by atoms with E-state index in [9.17, 15) is 14.4 Å². The minimum atomic E-state index is -0.770. The lowest BCUT2D eigenvalue weighted by Crippen LogP contribution is -2.54. The van der Waals surface area contributed by atoms with E-state index in [1.54, 1.807) is 37.3 Å². The lowest BCUT2D eigenvalue weighted by atomic mass is 10.1. The average molecular weight is 504 g/mol. The summed E-state index contributed by atoms with van der Waals surface area (Å²) in [6.07, 6.45) is 3.40. The molecule has 1 aromatic heterocycles. The molecule has 0 aliphatic carbocycles. The summed E-state index contributed by atoms with van der Waals surface area (Å²) >= 11 is 12.2. The first-order chi connectivity index (χ1) is 16.8. The van der Waals surface area contributed by atoms with Crippen LogP contribution in [0.3, 0.4) is 0 Å². The molecule has 0 saturated carbocycles. The molecule has 1 aliphatic heterocycles. The van der Waals surface area contributed by atoms with E-state index in [2.05, 4.69) is 5.32 Å². The van der Waals surface area contributed by atoms with Crippen molar-refractivity contribution in [2.75, 3.05) is 4.90 Å². The van der Waals surface area contributed by atoms with Gasteiger partial charge in [0.25, 0.3) is 11.8 Å². The summed E-state index contributed by atoms with van der Waals surface area (Å²) in [5, 5.41) is 4.09. The van der Waals surface area contributed by atoms with Crippen molar-refractivity contribution in [1.29, 1.82) is 0 Å². The number of barbiturate groups is 1. The number of hydrogen-bond donors (Lipinski definition) is 1. The fraction of sp³-hybridized carbons (Fsp3) is 0.0741. The predicted molar refractivity (Wildman–Crippen MR) is 138 cm³/mol. The Labute approximate surface area is 211 Å². The van der Waals surface area contributed by atoms with Gasteiger partial charge in [-0.1, -0.05) is 65.7 Å². The van der Waals surface area contributed by atoms with E-state index >= 15 is 0 Å². The van der Waals surface area contributed by atoms with Crippen LogP contribution in [0.25, 0.3) is 17.0 Å². The van der Waals surface area contributed by atoms with Gasteiger partial charge in [0.2, 0.25) is 0 Å². The van der Waals surface area contributed by atoms with E-state index in [0.29, 0.717) is 27.8 Å². The van der Waals surface area contributed by atoms with E-state index in [1.807, 2.05) is 47.2 Å². The highest BCUT2D eigenvalue weighted by Gasteiger charge is 2.37. The molecule has 0 bridgehead atoms. The lowest BCUT2D eigenvalue weighted by Gasteiger charge is -2.27. The quantitative estimate of drug-likeness (QED) is 0.275. The van der Waals surface area contributed by atoms with Gasteiger partial charge in [0.05, 0.1) is 15.7 Å². The molecule has 1 N–H and O–H groups in total. The number of fused-ring (bicyclic) bond motifs is 1. The third-order valence-corrected chi connectivity index (χ3v) is 6.65. The van der Waals surface area contributed by atoms with E-state index < -0.39 is 17.8 Å². The van der Waals surface area contributed by atoms with E-state index in [1.165, 1.54) is 6.08 Å². The van der Waals surface area contributed by atoms with Gasteiger partial charge in [-0.25, -0.2) is 9.69 Å². The zero-order chi connectivity index (χ0) is 24.7. The molecule has 5 rings (SSSR count). The fourth-order valence-electron chi connectivity index (χ4n) is 4.20. The second-order valence-electron chi connectivity index (χ2n) is 8.22. The molecular formula is C27H19Cl2N3O3. The number of halogens is 2. The van der Waals surface area contributed by atoms with Crippen molar-refractivity contribution >= 4 is 63.7 Å². The number of amides is 4. The van der Waals surface area contributed by atoms with Crippen molar-refractivity contribution in [2.45, 2.75) is 13.5 Å². The van der Waals surface area contributed by atoms with Crippen LogP contribution in [0.15, 0.2) is 78.5 Å². The number of urea groups is 1. The van der Waals surface area contributed by atoms with Gasteiger partial charge < -0.3 is 4.57 Å². The molecule has 1 aliphatic rings. The first-order valence-corrected chi connectivity index (χ1v) is 11.6. The molecule has 0 unspecified atom stereocenters. The Hall–Kier alpha value is -3.87. The smallest absolute Gasteiger partial charge is 0.335 e. The molecule has 0 radical (unpaired) electrons. The molecular weight excluding hydrogens is 485 g/mol. The number of imide groups is 2. The van der Waals surface area contributed by atoms with E-state index in [0.717, 1.165) is 26.9 Å². The minimum Gasteiger partial charge on any atom is -0.342 e. The van der Waals surface area contributed by atoms with Gasteiger partial charge in [-0.15, -0.1) is 0 Å². The molecule has 2 heterocycles. The largest absolute Gasteiger partial charge is 0.342 e. The highest BCUT2D eigenvalue weighted by Crippen LogP contribution is 2.29. The van der Waals surface area contributed by atoms with Gasteiger partial charge >= 0.3 is 6.03 Å². The zero-order valence-corrected chi connectivity index (χ0v) is 20.1. The molecule has 1 saturated heterocycles. The maximum Gasteiger partial charge on any atom is 0.335 e. The Bertz CT molecular complexity index is 1550. The molecule has 0 spiro atoms. The number of nitrogens with one attached hydrogen (secondary N) is 1. The highest BCUT2D eigenvalue weighted by molar-refractivity contribution is 6.42. The first kappa shape index (κ1) is 22.9. The summed E-state index contributed by atoms with van der Waals surface area (Å²) in [5.74, 6) is -1.40. The maximum atomic E-state index is 13.3. The average Bonchev–Trinajstić information content (AvgIpc) is 3.17. The van der Waals surface area contributed by atoms with Crippen LogP contribution in [-0.2, 0) is 16.1 Å². The molecule has 174 valence electrons. The monoisotopic (exact) mass is 503 g/mol. The summed E-state index contributed by atoms with van der Waals surface area (Å²) in [6, 6.07) is 19.4. The second-order valence-corrected chi connectivity index (χ2v) is 9.04. The molecule has 8 heteroatoms. The van der Waals surface area contributed by atoms with Crippen molar-refractivity contribution in [3.05, 3.63) is 105 Å². The fourth-order valence-corrected chi connectivity index (χ4v) is 4.52. The highest BCUT2D eigenvalue weighted by atomic mass is 35.5. The molecule has 4 aromatic rings. The molecule has 6 nitrogen and oxygen atoms in total. The van der Waals surface area contributed by atoms with Gasteiger partial charge in [-0.05, 0) is 48.4 Å². The van der Waals surface area contributed by atoms with Crippen LogP contribution in [0, 0.1) is 6.92 Å². The van der Waals surface area contributed by atoms with Gasteiger partial charge in [-0.2, -0.15) is 0 Å². The van der Waals surface area contributed by atoms with Crippen molar-refractivity contribution in [2.24, 2.45) is 0 Å². The predicted octanol–water partition coefficient (Wildman–Crippen LogP) is 5.97. The van der Waals surface area contributed by atoms with Crippen molar-refractivity contribution < 1.29 is 14.4 Å². The van der Waals surface area contributed by atoms with Crippen LogP contribution < -0.4 is 10.2 Å². The van der Waals surface area contributed by atoms with Crippen molar-refractivity contribution in [3.63, 3.8) is 0 Å². The number of anilines is 1. The lowest BCUT2D eigenvalue weighted by molar-refractivity contribution is -0.122. The summed E-state index contributed by atoms with van der Waals surface area (Å²) in [5.41, 5.74) is 3.59. The molecule has 3 aromatic carbocycles. The number of hydrogen-bond acceptors (Lipinski definition) is 3. The number of aromatic nitrogens is 1. The summed E-state index contributed by atoms with van der Waals surface area (Å²) in [6.45, 7) is 2.31. The Morgan fingerprint density at radius 2 is 1.66 bits per heavy atom. The summed E-state index contributed by atoms with van der Waals surface area (Å²) in [4.78, 5) is 39.6. The zero-order valence-electron chi connectivity index (χ0n) is 18.6. The Kier molecular flexibility index (Phi) is 5.93. The molecule has 0 atom stereocenters. The van der Waals surface area contributed by atoms with E-state index in [4.69, 9.17) is 23.2 Å². The number of nitrogens with zero attached hydrogens (tertiary/aromatic N) is 2. The minimum absolute atomic E-state index is 0.120. The normalized spacial score (nSPS) is 15.2. The van der Waals surface area contributed by atoms with Crippen LogP contribution in [0.4, 0.5) is 10.5 Å². The van der Waals surface area contributed by atoms with Crippen molar-refractivity contribution in [1.82, 2.24) is 9.88 Å². The summed E-state index contributed by atoms with van der Waals surface area (Å²) in [7, 11) is 0. The summed E-state index contributed by atoms with van der Waals surface area (Å²) < 4.78 is 2.01. The van der Waals surface area contributed by atoms with Crippen LogP contribution in [0.1, 0.15) is 16.7 Å². The van der Waals surface area contributed by atoms with Crippen LogP contribution in [0.2, 0.25) is 10.0 Å². The standard InChI is InChI=1S/C27H19Cl2N3O3/c1-16-6-2-4-8-23(16)32-26(34)20(25(33)30-27(32)35)13-18-15-31(24-9-5-3-7-19(18)24)14-17-10-11-21(28)22(29)12-17/h2-13,15H,14H2,1H3,(H,30,33,35)/b20-13+. The van der Waals surface area contributed by atoms with Gasteiger partial charge in [0.1, 0.15) is 5.57 Å². The molecule has 1 fully saturated rings. The first-order valence-electron chi connectivity index (χ1n) is 10.8. The van der Waals surface area contributed by atoms with Crippen LogP contribution >= 0.6 is 23.2 Å². The number of benzene rings is 3. The Balaban J connectivity index is 1.57. The van der Waals surface area contributed by atoms with Gasteiger partial charge in [0.15, 0.2) is 0 Å². The van der Waals surface area contributed by atoms with Gasteiger partial charge in [0, 0.05) is 29.2 Å². The third-order valence-electron chi connectivity index (χ3n) is 5.91. The van der Waals surface area contributed by atoms with Crippen molar-refractivity contribution in [3.8, 4) is 0 Å². The third kappa shape index (κ3) is 4.22. The van der Waals surface area contributed by atoms with Crippen LogP contribution in [0.5, 0.6) is 0 Å². The molecule has 4 amide bonds. The van der Waals surface area contributed by atoms with Crippen LogP contribution in [-0.4, -0.2) is 22.4 Å². The van der Waals surface area contributed by atoms with Gasteiger partial charge in [-0.3, -0.25) is 14.9 Å². The number of para-hydroxylation sites is 2. The molecule has 35 heavy (non-hydrogen) atoms. The number of carbonyl (C=O) groups is 3. The Morgan fingerprint density at radius 1 is 0.914 bits per heavy atom. The maximum absolute atomic E-state index is 13.3. The second kappa shape index (κ2) is 9.06. The number of aryl methyl sites for hydroxylation is 1. The number of carbonyl (C=O) groups excluding carboxylic acids is 3. The van der Waals surface area contributed by atoms with E-state index in [-0.39, 0.29) is 5.57 Å². The number of rotatable bonds is 4. The topological polar surface area (TPSA) is 71.4 Å².